The summed E-state index contributed by atoms with van der Waals surface area (Å²) in [6.07, 6.45) is 1.99. The number of carboxylic acid groups (broad SMARTS) is 1. The Kier molecular flexibility index (Phi) is 3.43. The molecule has 1 aromatic carbocycles. The lowest BCUT2D eigenvalue weighted by Gasteiger charge is -2.18. The molecule has 18 heavy (non-hydrogen) atoms. The molecule has 96 valence electrons. The van der Waals surface area contributed by atoms with Gasteiger partial charge in [0.25, 0.3) is 0 Å². The molecule has 6 heteroatoms. The average Bonchev–Trinajstić information content (AvgIpc) is 3.14. The fraction of sp³-hybridized carbons (Fsp3) is 0.333. The van der Waals surface area contributed by atoms with Crippen LogP contribution >= 0.6 is 11.6 Å². The molecule has 2 amide bonds. The largest absolute Gasteiger partial charge is 0.478 e. The molecule has 0 radical (unpaired) electrons. The summed E-state index contributed by atoms with van der Waals surface area (Å²) in [5.41, 5.74) is 0.240. The highest BCUT2D eigenvalue weighted by molar-refractivity contribution is 6.31. The number of carboxylic acids is 1. The molecule has 0 aliphatic heterocycles. The first-order chi connectivity index (χ1) is 8.49. The van der Waals surface area contributed by atoms with Crippen LogP contribution in [0.1, 0.15) is 23.2 Å². The van der Waals surface area contributed by atoms with E-state index in [2.05, 4.69) is 5.32 Å². The molecule has 1 aliphatic rings. The lowest BCUT2D eigenvalue weighted by atomic mass is 10.2. The Morgan fingerprint density at radius 3 is 2.67 bits per heavy atom. The number of benzene rings is 1. The van der Waals surface area contributed by atoms with Gasteiger partial charge in [-0.1, -0.05) is 11.6 Å². The molecule has 0 spiro atoms. The van der Waals surface area contributed by atoms with Gasteiger partial charge in [-0.2, -0.15) is 0 Å². The number of amides is 2. The van der Waals surface area contributed by atoms with Gasteiger partial charge in [-0.15, -0.1) is 0 Å². The maximum atomic E-state index is 11.8. The minimum Gasteiger partial charge on any atom is -0.478 e. The van der Waals surface area contributed by atoms with Crippen LogP contribution in [0.4, 0.5) is 10.5 Å². The van der Waals surface area contributed by atoms with Crippen LogP contribution in [0, 0.1) is 0 Å². The fourth-order valence-electron chi connectivity index (χ4n) is 1.63. The number of hydrogen-bond donors (Lipinski definition) is 2. The smallest absolute Gasteiger partial charge is 0.337 e. The second kappa shape index (κ2) is 4.86. The highest BCUT2D eigenvalue weighted by Crippen LogP contribution is 2.27. The van der Waals surface area contributed by atoms with Gasteiger partial charge in [-0.3, -0.25) is 0 Å². The Balaban J connectivity index is 2.17. The molecular formula is C12H13ClN2O3. The van der Waals surface area contributed by atoms with Gasteiger partial charge in [-0.05, 0) is 31.0 Å². The SMILES string of the molecule is CN(C(=O)Nc1ccc(Cl)cc1C(=O)O)C1CC1. The summed E-state index contributed by atoms with van der Waals surface area (Å²) in [5.74, 6) is -1.12. The molecule has 5 nitrogen and oxygen atoms in total. The van der Waals surface area contributed by atoms with Crippen molar-refractivity contribution in [3.05, 3.63) is 28.8 Å². The van der Waals surface area contributed by atoms with Crippen molar-refractivity contribution in [3.63, 3.8) is 0 Å². The second-order valence-electron chi connectivity index (χ2n) is 4.27. The molecule has 2 rings (SSSR count). The normalized spacial score (nSPS) is 14.1. The molecule has 0 heterocycles. The lowest BCUT2D eigenvalue weighted by molar-refractivity contribution is 0.0698. The summed E-state index contributed by atoms with van der Waals surface area (Å²) < 4.78 is 0. The van der Waals surface area contributed by atoms with Crippen molar-refractivity contribution in [1.29, 1.82) is 0 Å². The number of urea groups is 1. The molecule has 1 aromatic rings. The Morgan fingerprint density at radius 2 is 2.11 bits per heavy atom. The molecule has 0 unspecified atom stereocenters. The highest BCUT2D eigenvalue weighted by atomic mass is 35.5. The van der Waals surface area contributed by atoms with E-state index in [1.807, 2.05) is 0 Å². The standard InChI is InChI=1S/C12H13ClN2O3/c1-15(8-3-4-8)12(18)14-10-5-2-7(13)6-9(10)11(16)17/h2,5-6,8H,3-4H2,1H3,(H,14,18)(H,16,17). The van der Waals surface area contributed by atoms with Gasteiger partial charge in [-0.25, -0.2) is 9.59 Å². The van der Waals surface area contributed by atoms with Crippen LogP contribution in [0.3, 0.4) is 0 Å². The van der Waals surface area contributed by atoms with Crippen LogP contribution in [0.2, 0.25) is 5.02 Å². The summed E-state index contributed by atoms with van der Waals surface area (Å²) in [7, 11) is 1.70. The summed E-state index contributed by atoms with van der Waals surface area (Å²) in [5, 5.41) is 11.9. The number of carbonyl (C=O) groups excluding carboxylic acids is 1. The number of rotatable bonds is 3. The van der Waals surface area contributed by atoms with Crippen molar-refractivity contribution < 1.29 is 14.7 Å². The van der Waals surface area contributed by atoms with E-state index in [-0.39, 0.29) is 23.3 Å². The molecule has 1 saturated carbocycles. The third-order valence-corrected chi connectivity index (χ3v) is 3.10. The third-order valence-electron chi connectivity index (χ3n) is 2.87. The fourth-order valence-corrected chi connectivity index (χ4v) is 1.81. The Labute approximate surface area is 109 Å². The van der Waals surface area contributed by atoms with Crippen LogP contribution in [0.5, 0.6) is 0 Å². The van der Waals surface area contributed by atoms with Gasteiger partial charge < -0.3 is 15.3 Å². The summed E-state index contributed by atoms with van der Waals surface area (Å²) in [6, 6.07) is 4.31. The lowest BCUT2D eigenvalue weighted by Crippen LogP contribution is -2.33. The van der Waals surface area contributed by atoms with E-state index < -0.39 is 5.97 Å². The summed E-state index contributed by atoms with van der Waals surface area (Å²) >= 11 is 5.73. The Morgan fingerprint density at radius 1 is 1.44 bits per heavy atom. The van der Waals surface area contributed by atoms with E-state index in [1.165, 1.54) is 12.1 Å². The van der Waals surface area contributed by atoms with Crippen molar-refractivity contribution in [1.82, 2.24) is 4.90 Å². The topological polar surface area (TPSA) is 69.6 Å². The van der Waals surface area contributed by atoms with Crippen LogP contribution in [0.25, 0.3) is 0 Å². The zero-order valence-electron chi connectivity index (χ0n) is 9.81. The van der Waals surface area contributed by atoms with E-state index in [9.17, 15) is 9.59 Å². The molecule has 0 atom stereocenters. The van der Waals surface area contributed by atoms with E-state index in [0.717, 1.165) is 12.8 Å². The Bertz CT molecular complexity index is 500. The predicted molar refractivity (Wildman–Crippen MR) is 68.2 cm³/mol. The van der Waals surface area contributed by atoms with Crippen LogP contribution in [-0.4, -0.2) is 35.1 Å². The zero-order chi connectivity index (χ0) is 13.3. The van der Waals surface area contributed by atoms with Gasteiger partial charge >= 0.3 is 12.0 Å². The van der Waals surface area contributed by atoms with Crippen molar-refractivity contribution in [2.45, 2.75) is 18.9 Å². The van der Waals surface area contributed by atoms with E-state index in [1.54, 1.807) is 18.0 Å². The van der Waals surface area contributed by atoms with Gasteiger partial charge in [0.2, 0.25) is 0 Å². The second-order valence-corrected chi connectivity index (χ2v) is 4.70. The van der Waals surface area contributed by atoms with Crippen molar-refractivity contribution >= 4 is 29.3 Å². The van der Waals surface area contributed by atoms with Crippen molar-refractivity contribution in [2.75, 3.05) is 12.4 Å². The molecule has 0 aromatic heterocycles. The van der Waals surface area contributed by atoms with Gasteiger partial charge in [0.1, 0.15) is 0 Å². The highest BCUT2D eigenvalue weighted by Gasteiger charge is 2.30. The van der Waals surface area contributed by atoms with Gasteiger partial charge in [0.05, 0.1) is 11.3 Å². The quantitative estimate of drug-likeness (QED) is 0.885. The maximum Gasteiger partial charge on any atom is 0.337 e. The molecular weight excluding hydrogens is 256 g/mol. The average molecular weight is 269 g/mol. The number of nitrogens with one attached hydrogen (secondary N) is 1. The molecule has 0 bridgehead atoms. The van der Waals surface area contributed by atoms with Crippen molar-refractivity contribution in [3.8, 4) is 0 Å². The third kappa shape index (κ3) is 2.73. The van der Waals surface area contributed by atoms with Gasteiger partial charge in [0.15, 0.2) is 0 Å². The Hall–Kier alpha value is -1.75. The number of anilines is 1. The zero-order valence-corrected chi connectivity index (χ0v) is 10.6. The number of nitrogens with zero attached hydrogens (tertiary/aromatic N) is 1. The number of aromatic carboxylic acids is 1. The van der Waals surface area contributed by atoms with E-state index >= 15 is 0 Å². The first-order valence-corrected chi connectivity index (χ1v) is 5.93. The van der Waals surface area contributed by atoms with Crippen LogP contribution in [0.15, 0.2) is 18.2 Å². The molecule has 2 N–H and O–H groups in total. The molecule has 0 saturated heterocycles. The number of hydrogen-bond acceptors (Lipinski definition) is 2. The van der Waals surface area contributed by atoms with E-state index in [4.69, 9.17) is 16.7 Å². The monoisotopic (exact) mass is 268 g/mol. The van der Waals surface area contributed by atoms with Crippen molar-refractivity contribution in [2.24, 2.45) is 0 Å². The number of carbonyl (C=O) groups is 2. The molecule has 1 aliphatic carbocycles. The van der Waals surface area contributed by atoms with E-state index in [0.29, 0.717) is 5.02 Å². The maximum absolute atomic E-state index is 11.8. The molecule has 1 fully saturated rings. The first-order valence-electron chi connectivity index (χ1n) is 5.55. The van der Waals surface area contributed by atoms with Crippen LogP contribution < -0.4 is 5.32 Å². The number of halogens is 1. The minimum atomic E-state index is -1.12. The first kappa shape index (κ1) is 12.7. The van der Waals surface area contributed by atoms with Crippen LogP contribution in [-0.2, 0) is 0 Å². The predicted octanol–water partition coefficient (Wildman–Crippen LogP) is 2.66. The summed E-state index contributed by atoms with van der Waals surface area (Å²) in [4.78, 5) is 24.5. The summed E-state index contributed by atoms with van der Waals surface area (Å²) in [6.45, 7) is 0. The van der Waals surface area contributed by atoms with Gasteiger partial charge in [0, 0.05) is 18.1 Å². The minimum absolute atomic E-state index is 0.0138.